The molecule has 0 amide bonds. The molecule has 0 spiro atoms. The summed E-state index contributed by atoms with van der Waals surface area (Å²) >= 11 is 22.0. The van der Waals surface area contributed by atoms with Crippen molar-refractivity contribution in [2.24, 2.45) is 0 Å². The third-order valence-corrected chi connectivity index (χ3v) is 27.5. The summed E-state index contributed by atoms with van der Waals surface area (Å²) in [6.07, 6.45) is 119. The van der Waals surface area contributed by atoms with Gasteiger partial charge in [0.25, 0.3) is 0 Å². The van der Waals surface area contributed by atoms with Gasteiger partial charge >= 0.3 is 19.5 Å². The Kier molecular flexibility index (Phi) is 110. The van der Waals surface area contributed by atoms with Crippen LogP contribution in [0.1, 0.15) is 593 Å². The molecular formula is C96H196O4P2S4Zn. The predicted molar refractivity (Wildman–Crippen MR) is 496 cm³/mol. The molecule has 0 saturated carbocycles. The first-order valence-corrected chi connectivity index (χ1v) is 56.7. The fraction of sp³-hybridized carbons (Fsp3) is 1.00. The predicted octanol–water partition coefficient (Wildman–Crippen LogP) is 38.0. The Balaban J connectivity index is -0.00000200. The van der Waals surface area contributed by atoms with Gasteiger partial charge in [-0.2, -0.15) is 0 Å². The van der Waals surface area contributed by atoms with Crippen molar-refractivity contribution in [1.82, 2.24) is 0 Å². The summed E-state index contributed by atoms with van der Waals surface area (Å²) in [6.45, 7) is 11.9. The molecule has 0 fully saturated rings. The molecule has 0 aromatic rings. The molecule has 0 bridgehead atoms. The van der Waals surface area contributed by atoms with Crippen molar-refractivity contribution in [3.05, 3.63) is 0 Å². The van der Waals surface area contributed by atoms with E-state index in [-0.39, 0.29) is 19.5 Å². The van der Waals surface area contributed by atoms with Gasteiger partial charge < -0.3 is 49.0 Å². The molecule has 107 heavy (non-hydrogen) atoms. The molecule has 0 unspecified atom stereocenters. The summed E-state index contributed by atoms with van der Waals surface area (Å²) in [5, 5.41) is 0. The van der Waals surface area contributed by atoms with Crippen molar-refractivity contribution in [3.8, 4) is 0 Å². The maximum absolute atomic E-state index is 5.84. The van der Waals surface area contributed by atoms with Crippen LogP contribution in [0.15, 0.2) is 0 Å². The van der Waals surface area contributed by atoms with Crippen molar-refractivity contribution in [2.45, 2.75) is 593 Å². The monoisotopic (exact) mass is 1670 g/mol. The first-order valence-electron chi connectivity index (χ1n) is 49.4. The van der Waals surface area contributed by atoms with E-state index in [1.54, 1.807) is 0 Å². The van der Waals surface area contributed by atoms with E-state index in [0.29, 0.717) is 26.4 Å². The van der Waals surface area contributed by atoms with Crippen molar-refractivity contribution in [1.29, 1.82) is 0 Å². The third-order valence-electron chi connectivity index (χ3n) is 23.0. The van der Waals surface area contributed by atoms with E-state index in [0.717, 1.165) is 25.7 Å². The largest absolute Gasteiger partial charge is 2.00 e. The smallest absolute Gasteiger partial charge is 0.516 e. The van der Waals surface area contributed by atoms with E-state index in [2.05, 4.69) is 27.7 Å². The van der Waals surface area contributed by atoms with Crippen LogP contribution in [0.4, 0.5) is 0 Å². The minimum absolute atomic E-state index is 0. The Morgan fingerprint density at radius 1 is 0.121 bits per heavy atom. The van der Waals surface area contributed by atoms with Crippen molar-refractivity contribution < 1.29 is 37.6 Å². The third kappa shape index (κ3) is 109. The van der Waals surface area contributed by atoms with Crippen LogP contribution in [0.25, 0.3) is 0 Å². The molecule has 0 heterocycles. The van der Waals surface area contributed by atoms with Crippen LogP contribution >= 0.6 is 12.2 Å². The zero-order valence-electron chi connectivity index (χ0n) is 73.9. The van der Waals surface area contributed by atoms with E-state index < -0.39 is 12.2 Å². The Bertz CT molecular complexity index is 1310. The second kappa shape index (κ2) is 103. The second-order valence-corrected chi connectivity index (χ2v) is 43.9. The van der Waals surface area contributed by atoms with Gasteiger partial charge in [0.15, 0.2) is 0 Å². The fourth-order valence-electron chi connectivity index (χ4n) is 15.6. The van der Waals surface area contributed by atoms with Crippen molar-refractivity contribution in [2.75, 3.05) is 26.4 Å². The number of unbranched alkanes of at least 4 members (excludes halogenated alkanes) is 84. The molecule has 0 atom stereocenters. The van der Waals surface area contributed by atoms with Crippen LogP contribution in [0.5, 0.6) is 0 Å². The minimum Gasteiger partial charge on any atom is -0.516 e. The number of hydrogen-bond acceptors (Lipinski definition) is 8. The molecule has 0 saturated heterocycles. The summed E-state index contributed by atoms with van der Waals surface area (Å²) in [5.74, 6) is 0. The average Bonchev–Trinajstić information content (AvgIpc) is 0.962. The van der Waals surface area contributed by atoms with Crippen LogP contribution in [0.2, 0.25) is 0 Å². The van der Waals surface area contributed by atoms with Crippen LogP contribution in [-0.4, -0.2) is 26.4 Å². The van der Waals surface area contributed by atoms with E-state index in [4.69, 9.17) is 67.1 Å². The fourth-order valence-corrected chi connectivity index (χ4v) is 19.0. The van der Waals surface area contributed by atoms with Gasteiger partial charge in [-0.3, -0.25) is 18.1 Å². The van der Waals surface area contributed by atoms with E-state index >= 15 is 0 Å². The first-order chi connectivity index (χ1) is 52.2. The van der Waals surface area contributed by atoms with Crippen LogP contribution in [-0.2, 0) is 86.6 Å². The van der Waals surface area contributed by atoms with Gasteiger partial charge in [-0.25, -0.2) is 0 Å². The molecule has 0 rings (SSSR count). The molecule has 0 radical (unpaired) electrons. The summed E-state index contributed by atoms with van der Waals surface area (Å²) in [4.78, 5) is 0. The molecule has 0 aromatic carbocycles. The Morgan fingerprint density at radius 2 is 0.187 bits per heavy atom. The molecule has 640 valence electrons. The van der Waals surface area contributed by atoms with E-state index in [1.165, 1.54) is 539 Å². The summed E-state index contributed by atoms with van der Waals surface area (Å²) in [5.41, 5.74) is 0. The first kappa shape index (κ1) is 114. The van der Waals surface area contributed by atoms with Crippen LogP contribution in [0, 0.1) is 0 Å². The van der Waals surface area contributed by atoms with Gasteiger partial charge in [-0.15, -0.1) is 0 Å². The standard InChI is InChI=1S/2C48H99O2PS2.Zn/c2*1-3-5-7-9-11-13-15-17-19-21-23-25-27-29-31-33-35-37-39-41-43-45-47-49-51(52,53)50-48-46-44-42-40-38-36-34-32-30-28-26-24-22-20-18-16-14-12-10-8-6-4-2;/h2*3-48H2,1-2H3,(H,52,53);/q;;+2/p-2. The molecule has 11 heteroatoms. The topological polar surface area (TPSA) is 36.9 Å². The molecule has 0 aliphatic rings. The van der Waals surface area contributed by atoms with Gasteiger partial charge in [-0.1, -0.05) is 567 Å². The Labute approximate surface area is 712 Å². The Hall–Kier alpha value is 2.72. The molecular weight excluding hydrogens is 1470 g/mol. The summed E-state index contributed by atoms with van der Waals surface area (Å²) in [6, 6.07) is 0. The summed E-state index contributed by atoms with van der Waals surface area (Å²) < 4.78 is 23.4. The quantitative estimate of drug-likeness (QED) is 0.0258. The SMILES string of the molecule is CCCCCCCCCCCCCCCCCCCCCCCCO[P+]([S-])([S-])OCCCCCCCCCCCCCCCCCCCCCCCC.CCCCCCCCCCCCCCCCCCCCCCCCO[P+]([S-])([S-])OCCCCCCCCCCCCCCCCCCCCCCCC.[Zn+2]. The molecule has 0 aliphatic carbocycles. The maximum Gasteiger partial charge on any atom is 2.00 e. The molecule has 0 N–H and O–H groups in total. The molecule has 0 aliphatic heterocycles. The number of rotatable bonds is 96. The minimum atomic E-state index is -2.47. The average molecular weight is 1670 g/mol. The molecule has 0 aromatic heterocycles. The van der Waals surface area contributed by atoms with Crippen LogP contribution in [0.3, 0.4) is 0 Å². The second-order valence-electron chi connectivity index (χ2n) is 33.9. The van der Waals surface area contributed by atoms with Gasteiger partial charge in [0.2, 0.25) is 0 Å². The zero-order chi connectivity index (χ0) is 76.9. The normalized spacial score (nSPS) is 11.9. The number of hydrogen-bond donors (Lipinski definition) is 0. The van der Waals surface area contributed by atoms with Crippen molar-refractivity contribution >= 4 is 61.2 Å². The summed E-state index contributed by atoms with van der Waals surface area (Å²) in [7, 11) is 0. The van der Waals surface area contributed by atoms with Crippen molar-refractivity contribution in [3.63, 3.8) is 0 Å². The van der Waals surface area contributed by atoms with Gasteiger partial charge in [-0.05, 0) is 25.7 Å². The Morgan fingerprint density at radius 3 is 0.262 bits per heavy atom. The maximum atomic E-state index is 5.84. The van der Waals surface area contributed by atoms with E-state index in [1.807, 2.05) is 0 Å². The molecule has 4 nitrogen and oxygen atoms in total. The van der Waals surface area contributed by atoms with E-state index in [9.17, 15) is 0 Å². The van der Waals surface area contributed by atoms with Crippen LogP contribution < -0.4 is 0 Å². The zero-order valence-corrected chi connectivity index (χ0v) is 81.9. The van der Waals surface area contributed by atoms with Gasteiger partial charge in [0.05, 0.1) is 26.4 Å². The van der Waals surface area contributed by atoms with Gasteiger partial charge in [0, 0.05) is 12.2 Å². The van der Waals surface area contributed by atoms with Gasteiger partial charge in [0.1, 0.15) is 0 Å².